The molecule has 0 unspecified atom stereocenters. The van der Waals surface area contributed by atoms with Gasteiger partial charge in [-0.3, -0.25) is 14.6 Å². The van der Waals surface area contributed by atoms with Gasteiger partial charge in [-0.15, -0.1) is 0 Å². The number of fused-ring (bicyclic) bond motifs is 1. The minimum atomic E-state index is 0.867. The molecule has 0 bridgehead atoms. The number of benzene rings is 1. The number of nitrogens with zero attached hydrogens (tertiary/aromatic N) is 5. The highest BCUT2D eigenvalue weighted by Crippen LogP contribution is 2.26. The van der Waals surface area contributed by atoms with Gasteiger partial charge in [0.1, 0.15) is 5.82 Å². The molecule has 5 rings (SSSR count). The Bertz CT molecular complexity index is 1080. The summed E-state index contributed by atoms with van der Waals surface area (Å²) in [7, 11) is 1.99. The van der Waals surface area contributed by atoms with E-state index in [4.69, 9.17) is 10.1 Å². The molecule has 0 fully saturated rings. The van der Waals surface area contributed by atoms with Gasteiger partial charge in [-0.05, 0) is 12.1 Å². The van der Waals surface area contributed by atoms with Gasteiger partial charge < -0.3 is 4.98 Å². The molecule has 1 N–H and O–H groups in total. The number of rotatable bonds is 4. The molecule has 0 saturated heterocycles. The van der Waals surface area contributed by atoms with Crippen molar-refractivity contribution < 1.29 is 0 Å². The number of H-pyrrole nitrogens is 1. The van der Waals surface area contributed by atoms with Crippen molar-refractivity contribution in [3.05, 3.63) is 78.0 Å². The van der Waals surface area contributed by atoms with Crippen LogP contribution in [-0.2, 0) is 26.6 Å². The van der Waals surface area contributed by atoms with Gasteiger partial charge >= 0.3 is 0 Å². The fourth-order valence-corrected chi connectivity index (χ4v) is 3.86. The molecule has 0 saturated carbocycles. The molecule has 6 heteroatoms. The average molecular weight is 370 g/mol. The van der Waals surface area contributed by atoms with E-state index in [1.165, 1.54) is 17.0 Å². The first kappa shape index (κ1) is 16.9. The summed E-state index contributed by atoms with van der Waals surface area (Å²) in [5.41, 5.74) is 6.89. The highest BCUT2D eigenvalue weighted by Gasteiger charge is 2.22. The number of hydrogen-bond donors (Lipinski definition) is 1. The molecule has 0 aliphatic carbocycles. The van der Waals surface area contributed by atoms with E-state index < -0.39 is 0 Å². The highest BCUT2D eigenvalue weighted by molar-refractivity contribution is 5.62. The Morgan fingerprint density at radius 1 is 1.07 bits per heavy atom. The summed E-state index contributed by atoms with van der Waals surface area (Å²) in [6.45, 7) is 2.73. The monoisotopic (exact) mass is 370 g/mol. The zero-order valence-corrected chi connectivity index (χ0v) is 15.8. The SMILES string of the molecule is Cn1cc(CN2CCc3nc(-c4cccnc4)[nH]c3C2)c(-c2ccccc2)n1. The van der Waals surface area contributed by atoms with E-state index in [0.29, 0.717) is 0 Å². The third kappa shape index (κ3) is 3.23. The predicted molar refractivity (Wildman–Crippen MR) is 108 cm³/mol. The Hall–Kier alpha value is -3.25. The van der Waals surface area contributed by atoms with E-state index in [9.17, 15) is 0 Å². The van der Waals surface area contributed by atoms with Crippen LogP contribution in [0.2, 0.25) is 0 Å². The number of aryl methyl sites for hydroxylation is 1. The quantitative estimate of drug-likeness (QED) is 0.598. The largest absolute Gasteiger partial charge is 0.340 e. The summed E-state index contributed by atoms with van der Waals surface area (Å²) in [6.07, 6.45) is 6.72. The zero-order valence-electron chi connectivity index (χ0n) is 15.8. The lowest BCUT2D eigenvalue weighted by molar-refractivity contribution is 0.242. The summed E-state index contributed by atoms with van der Waals surface area (Å²) in [6, 6.07) is 14.4. The second kappa shape index (κ2) is 7.05. The molecule has 1 aliphatic heterocycles. The maximum atomic E-state index is 4.79. The Kier molecular flexibility index (Phi) is 4.25. The smallest absolute Gasteiger partial charge is 0.139 e. The van der Waals surface area contributed by atoms with Crippen molar-refractivity contribution in [2.24, 2.45) is 7.05 Å². The average Bonchev–Trinajstić information content (AvgIpc) is 3.32. The van der Waals surface area contributed by atoms with Crippen molar-refractivity contribution in [2.75, 3.05) is 6.54 Å². The van der Waals surface area contributed by atoms with Crippen LogP contribution in [-0.4, -0.2) is 36.2 Å². The number of aromatic amines is 1. The molecule has 28 heavy (non-hydrogen) atoms. The molecular formula is C22H22N6. The molecular weight excluding hydrogens is 348 g/mol. The molecule has 1 aromatic carbocycles. The first-order valence-corrected chi connectivity index (χ1v) is 9.55. The summed E-state index contributed by atoms with van der Waals surface area (Å²) in [5.74, 6) is 0.909. The van der Waals surface area contributed by atoms with Crippen LogP contribution in [0.15, 0.2) is 61.1 Å². The summed E-state index contributed by atoms with van der Waals surface area (Å²) in [5, 5.41) is 4.70. The van der Waals surface area contributed by atoms with Crippen LogP contribution in [0.25, 0.3) is 22.6 Å². The Morgan fingerprint density at radius 2 is 1.93 bits per heavy atom. The second-order valence-electron chi connectivity index (χ2n) is 7.26. The van der Waals surface area contributed by atoms with E-state index >= 15 is 0 Å². The zero-order chi connectivity index (χ0) is 18.9. The van der Waals surface area contributed by atoms with E-state index in [2.05, 4.69) is 45.3 Å². The summed E-state index contributed by atoms with van der Waals surface area (Å²) < 4.78 is 1.91. The van der Waals surface area contributed by atoms with E-state index in [-0.39, 0.29) is 0 Å². The fraction of sp³-hybridized carbons (Fsp3) is 0.227. The number of hydrogen-bond acceptors (Lipinski definition) is 4. The van der Waals surface area contributed by atoms with Crippen LogP contribution in [0, 0.1) is 0 Å². The first-order chi connectivity index (χ1) is 13.8. The number of nitrogens with one attached hydrogen (secondary N) is 1. The van der Waals surface area contributed by atoms with Crippen molar-refractivity contribution in [1.29, 1.82) is 0 Å². The fourth-order valence-electron chi connectivity index (χ4n) is 3.86. The Morgan fingerprint density at radius 3 is 2.75 bits per heavy atom. The lowest BCUT2D eigenvalue weighted by Crippen LogP contribution is -2.30. The third-order valence-corrected chi connectivity index (χ3v) is 5.19. The highest BCUT2D eigenvalue weighted by atomic mass is 15.3. The molecule has 0 atom stereocenters. The van der Waals surface area contributed by atoms with Crippen LogP contribution in [0.3, 0.4) is 0 Å². The van der Waals surface area contributed by atoms with Gasteiger partial charge in [-0.25, -0.2) is 4.98 Å². The van der Waals surface area contributed by atoms with Gasteiger partial charge in [0.25, 0.3) is 0 Å². The van der Waals surface area contributed by atoms with Gasteiger partial charge in [0.05, 0.1) is 17.1 Å². The number of aromatic nitrogens is 5. The van der Waals surface area contributed by atoms with Crippen LogP contribution in [0.5, 0.6) is 0 Å². The van der Waals surface area contributed by atoms with Crippen LogP contribution in [0.4, 0.5) is 0 Å². The molecule has 0 spiro atoms. The summed E-state index contributed by atoms with van der Waals surface area (Å²) in [4.78, 5) is 15.0. The maximum Gasteiger partial charge on any atom is 0.139 e. The van der Waals surface area contributed by atoms with Gasteiger partial charge in [0.15, 0.2) is 0 Å². The predicted octanol–water partition coefficient (Wildman–Crippen LogP) is 3.43. The first-order valence-electron chi connectivity index (χ1n) is 9.55. The van der Waals surface area contributed by atoms with Crippen molar-refractivity contribution >= 4 is 0 Å². The van der Waals surface area contributed by atoms with Crippen LogP contribution >= 0.6 is 0 Å². The van der Waals surface area contributed by atoms with Gasteiger partial charge in [-0.1, -0.05) is 30.3 Å². The minimum Gasteiger partial charge on any atom is -0.340 e. The second-order valence-corrected chi connectivity index (χ2v) is 7.26. The van der Waals surface area contributed by atoms with Crippen molar-refractivity contribution in [1.82, 2.24) is 29.6 Å². The molecule has 0 amide bonds. The summed E-state index contributed by atoms with van der Waals surface area (Å²) >= 11 is 0. The Labute approximate surface area is 163 Å². The normalized spacial score (nSPS) is 14.2. The van der Waals surface area contributed by atoms with Crippen molar-refractivity contribution in [3.63, 3.8) is 0 Å². The Balaban J connectivity index is 1.37. The topological polar surface area (TPSA) is 62.6 Å². The molecule has 140 valence electrons. The van der Waals surface area contributed by atoms with E-state index in [1.54, 1.807) is 6.20 Å². The molecule has 4 heterocycles. The molecule has 4 aromatic rings. The standard InChI is InChI=1S/C22H22N6/c1-27-13-18(21(26-27)16-6-3-2-4-7-16)14-28-11-9-19-20(15-28)25-22(24-19)17-8-5-10-23-12-17/h2-8,10,12-13H,9,11,14-15H2,1H3,(H,24,25). The lowest BCUT2D eigenvalue weighted by atomic mass is 10.1. The third-order valence-electron chi connectivity index (χ3n) is 5.19. The van der Waals surface area contributed by atoms with Gasteiger partial charge in [-0.2, -0.15) is 5.10 Å². The van der Waals surface area contributed by atoms with E-state index in [0.717, 1.165) is 48.7 Å². The number of imidazole rings is 1. The minimum absolute atomic E-state index is 0.867. The molecule has 3 aromatic heterocycles. The molecule has 1 aliphatic rings. The van der Waals surface area contributed by atoms with Crippen LogP contribution < -0.4 is 0 Å². The van der Waals surface area contributed by atoms with E-state index in [1.807, 2.05) is 36.1 Å². The molecule has 6 nitrogen and oxygen atoms in total. The maximum absolute atomic E-state index is 4.79. The molecule has 0 radical (unpaired) electrons. The lowest BCUT2D eigenvalue weighted by Gasteiger charge is -2.25. The van der Waals surface area contributed by atoms with Gasteiger partial charge in [0, 0.05) is 68.4 Å². The van der Waals surface area contributed by atoms with Crippen molar-refractivity contribution in [3.8, 4) is 22.6 Å². The van der Waals surface area contributed by atoms with Gasteiger partial charge in [0.2, 0.25) is 0 Å². The van der Waals surface area contributed by atoms with Crippen molar-refractivity contribution in [2.45, 2.75) is 19.5 Å². The number of pyridine rings is 1. The van der Waals surface area contributed by atoms with Crippen LogP contribution in [0.1, 0.15) is 17.0 Å².